The molecule has 1 aromatic rings. The molecular formula is C16H24N2O2. The zero-order chi connectivity index (χ0) is 15.3. The molecule has 0 aliphatic rings. The number of rotatable bonds is 5. The Labute approximate surface area is 121 Å². The van der Waals surface area contributed by atoms with E-state index in [9.17, 15) is 4.79 Å². The molecule has 4 heteroatoms. The summed E-state index contributed by atoms with van der Waals surface area (Å²) < 4.78 is 5.38. The molecule has 110 valence electrons. The summed E-state index contributed by atoms with van der Waals surface area (Å²) in [6, 6.07) is 5.14. The van der Waals surface area contributed by atoms with E-state index in [0.29, 0.717) is 30.2 Å². The van der Waals surface area contributed by atoms with Crippen molar-refractivity contribution in [3.05, 3.63) is 36.4 Å². The van der Waals surface area contributed by atoms with Crippen molar-refractivity contribution in [1.29, 1.82) is 0 Å². The van der Waals surface area contributed by atoms with Crippen molar-refractivity contribution in [1.82, 2.24) is 4.90 Å². The van der Waals surface area contributed by atoms with Crippen LogP contribution in [0.5, 0.6) is 5.75 Å². The predicted molar refractivity (Wildman–Crippen MR) is 83.0 cm³/mol. The van der Waals surface area contributed by atoms with Gasteiger partial charge in [0.05, 0.1) is 12.3 Å². The Morgan fingerprint density at radius 2 is 2.10 bits per heavy atom. The van der Waals surface area contributed by atoms with Crippen LogP contribution >= 0.6 is 0 Å². The lowest BCUT2D eigenvalue weighted by Gasteiger charge is -2.35. The third kappa shape index (κ3) is 3.76. The van der Waals surface area contributed by atoms with Gasteiger partial charge in [0.25, 0.3) is 5.91 Å². The number of ether oxygens (including phenoxy) is 1. The maximum absolute atomic E-state index is 12.6. The van der Waals surface area contributed by atoms with Gasteiger partial charge in [-0.1, -0.05) is 6.08 Å². The predicted octanol–water partition coefficient (Wildman–Crippen LogP) is 3.09. The van der Waals surface area contributed by atoms with Gasteiger partial charge in [-0.15, -0.1) is 6.58 Å². The van der Waals surface area contributed by atoms with Crippen molar-refractivity contribution in [3.63, 3.8) is 0 Å². The quantitative estimate of drug-likeness (QED) is 0.664. The summed E-state index contributed by atoms with van der Waals surface area (Å²) in [6.07, 6.45) is 1.72. The molecule has 0 radical (unpaired) electrons. The largest absolute Gasteiger partial charge is 0.492 e. The van der Waals surface area contributed by atoms with Crippen LogP contribution in [0.2, 0.25) is 0 Å². The number of nitrogens with zero attached hydrogens (tertiary/aromatic N) is 1. The van der Waals surface area contributed by atoms with Crippen LogP contribution in [0.25, 0.3) is 0 Å². The Hall–Kier alpha value is -1.97. The second-order valence-corrected chi connectivity index (χ2v) is 5.56. The number of nitrogens with two attached hydrogens (primary N) is 1. The molecular weight excluding hydrogens is 252 g/mol. The number of carbonyl (C=O) groups is 1. The first kappa shape index (κ1) is 16.1. The van der Waals surface area contributed by atoms with Gasteiger partial charge < -0.3 is 15.4 Å². The van der Waals surface area contributed by atoms with Crippen molar-refractivity contribution in [2.45, 2.75) is 33.2 Å². The third-order valence-electron chi connectivity index (χ3n) is 2.92. The summed E-state index contributed by atoms with van der Waals surface area (Å²) in [5, 5.41) is 0. The van der Waals surface area contributed by atoms with E-state index in [-0.39, 0.29) is 11.4 Å². The fourth-order valence-corrected chi connectivity index (χ4v) is 1.91. The molecule has 0 unspecified atom stereocenters. The lowest BCUT2D eigenvalue weighted by atomic mass is 10.0. The maximum atomic E-state index is 12.6. The molecule has 1 aromatic carbocycles. The summed E-state index contributed by atoms with van der Waals surface area (Å²) in [4.78, 5) is 14.3. The smallest absolute Gasteiger partial charge is 0.254 e. The van der Waals surface area contributed by atoms with Crippen molar-refractivity contribution in [3.8, 4) is 5.75 Å². The van der Waals surface area contributed by atoms with Crippen LogP contribution in [0.3, 0.4) is 0 Å². The Morgan fingerprint density at radius 3 is 2.55 bits per heavy atom. The summed E-state index contributed by atoms with van der Waals surface area (Å²) in [5.41, 5.74) is 6.67. The highest BCUT2D eigenvalue weighted by Gasteiger charge is 2.26. The van der Waals surface area contributed by atoms with E-state index in [1.54, 1.807) is 29.2 Å². The number of benzene rings is 1. The minimum absolute atomic E-state index is 0.0628. The van der Waals surface area contributed by atoms with E-state index in [0.717, 1.165) is 0 Å². The Kier molecular flexibility index (Phi) is 5.19. The summed E-state index contributed by atoms with van der Waals surface area (Å²) in [7, 11) is 0. The average molecular weight is 276 g/mol. The van der Waals surface area contributed by atoms with Gasteiger partial charge in [0.15, 0.2) is 0 Å². The first-order valence-electron chi connectivity index (χ1n) is 6.76. The monoisotopic (exact) mass is 276 g/mol. The van der Waals surface area contributed by atoms with Crippen LogP contribution in [-0.4, -0.2) is 29.5 Å². The maximum Gasteiger partial charge on any atom is 0.254 e. The number of anilines is 1. The Bertz CT molecular complexity index is 490. The van der Waals surface area contributed by atoms with E-state index < -0.39 is 0 Å². The molecule has 0 saturated carbocycles. The van der Waals surface area contributed by atoms with Gasteiger partial charge in [-0.2, -0.15) is 0 Å². The van der Waals surface area contributed by atoms with Gasteiger partial charge in [-0.25, -0.2) is 0 Å². The van der Waals surface area contributed by atoms with Crippen molar-refractivity contribution < 1.29 is 9.53 Å². The van der Waals surface area contributed by atoms with Gasteiger partial charge in [-0.05, 0) is 45.9 Å². The number of nitrogen functional groups attached to an aromatic ring is 1. The molecule has 0 heterocycles. The van der Waals surface area contributed by atoms with Gasteiger partial charge in [0.1, 0.15) is 5.75 Å². The van der Waals surface area contributed by atoms with Crippen molar-refractivity contribution >= 4 is 11.6 Å². The highest BCUT2D eigenvalue weighted by Crippen LogP contribution is 2.25. The molecule has 20 heavy (non-hydrogen) atoms. The molecule has 1 rings (SSSR count). The molecule has 0 spiro atoms. The van der Waals surface area contributed by atoms with Crippen molar-refractivity contribution in [2.75, 3.05) is 18.9 Å². The van der Waals surface area contributed by atoms with E-state index in [1.807, 2.05) is 27.7 Å². The standard InChI is InChI=1S/C16H24N2O2/c1-6-10-18(16(3,4)5)15(19)12-8-9-14(20-7-2)13(17)11-12/h6,8-9,11H,1,7,10,17H2,2-5H3. The van der Waals surface area contributed by atoms with Crippen LogP contribution in [-0.2, 0) is 0 Å². The zero-order valence-electron chi connectivity index (χ0n) is 12.8. The van der Waals surface area contributed by atoms with E-state index in [2.05, 4.69) is 6.58 Å². The summed E-state index contributed by atoms with van der Waals surface area (Å²) >= 11 is 0. The minimum atomic E-state index is -0.279. The average Bonchev–Trinajstić information content (AvgIpc) is 2.36. The van der Waals surface area contributed by atoms with E-state index in [4.69, 9.17) is 10.5 Å². The van der Waals surface area contributed by atoms with Crippen LogP contribution in [0.15, 0.2) is 30.9 Å². The topological polar surface area (TPSA) is 55.6 Å². The Morgan fingerprint density at radius 1 is 1.45 bits per heavy atom. The molecule has 0 bridgehead atoms. The van der Waals surface area contributed by atoms with Crippen molar-refractivity contribution in [2.24, 2.45) is 0 Å². The molecule has 0 fully saturated rings. The van der Waals surface area contributed by atoms with Gasteiger partial charge in [0, 0.05) is 17.6 Å². The Balaban J connectivity index is 3.06. The van der Waals surface area contributed by atoms with E-state index in [1.165, 1.54) is 0 Å². The lowest BCUT2D eigenvalue weighted by molar-refractivity contribution is 0.0616. The molecule has 2 N–H and O–H groups in total. The number of carbonyl (C=O) groups excluding carboxylic acids is 1. The fourth-order valence-electron chi connectivity index (χ4n) is 1.91. The van der Waals surface area contributed by atoms with E-state index >= 15 is 0 Å². The third-order valence-corrected chi connectivity index (χ3v) is 2.92. The number of amides is 1. The van der Waals surface area contributed by atoms with Crippen LogP contribution < -0.4 is 10.5 Å². The molecule has 0 aliphatic heterocycles. The van der Waals surface area contributed by atoms with Crippen LogP contribution in [0.4, 0.5) is 5.69 Å². The summed E-state index contributed by atoms with van der Waals surface area (Å²) in [5.74, 6) is 0.544. The highest BCUT2D eigenvalue weighted by atomic mass is 16.5. The SMILES string of the molecule is C=CCN(C(=O)c1ccc(OCC)c(N)c1)C(C)(C)C. The van der Waals surface area contributed by atoms with Crippen LogP contribution in [0.1, 0.15) is 38.1 Å². The van der Waals surface area contributed by atoms with Gasteiger partial charge in [-0.3, -0.25) is 4.79 Å². The second-order valence-electron chi connectivity index (χ2n) is 5.56. The fraction of sp³-hybridized carbons (Fsp3) is 0.438. The van der Waals surface area contributed by atoms with Gasteiger partial charge >= 0.3 is 0 Å². The molecule has 4 nitrogen and oxygen atoms in total. The normalized spacial score (nSPS) is 11.0. The number of hydrogen-bond acceptors (Lipinski definition) is 3. The minimum Gasteiger partial charge on any atom is -0.492 e. The molecule has 0 saturated heterocycles. The van der Waals surface area contributed by atoms with Crippen LogP contribution in [0, 0.1) is 0 Å². The molecule has 0 aromatic heterocycles. The number of hydrogen-bond donors (Lipinski definition) is 1. The molecule has 0 atom stereocenters. The van der Waals surface area contributed by atoms with Gasteiger partial charge in [0.2, 0.25) is 0 Å². The second kappa shape index (κ2) is 6.46. The highest BCUT2D eigenvalue weighted by molar-refractivity contribution is 5.96. The molecule has 0 aliphatic carbocycles. The first-order valence-corrected chi connectivity index (χ1v) is 6.76. The lowest BCUT2D eigenvalue weighted by Crippen LogP contribution is -2.45. The zero-order valence-corrected chi connectivity index (χ0v) is 12.8. The molecule has 1 amide bonds. The first-order chi connectivity index (χ1) is 9.31. The summed E-state index contributed by atoms with van der Waals surface area (Å²) in [6.45, 7) is 12.6.